The van der Waals surface area contributed by atoms with Crippen molar-refractivity contribution in [3.63, 3.8) is 0 Å². The number of ether oxygens (including phenoxy) is 1. The molecule has 0 aliphatic heterocycles. The van der Waals surface area contributed by atoms with Crippen molar-refractivity contribution in [1.29, 1.82) is 0 Å². The maximum absolute atomic E-state index is 12.9. The van der Waals surface area contributed by atoms with Gasteiger partial charge in [0.25, 0.3) is 5.91 Å². The third-order valence-electron chi connectivity index (χ3n) is 4.93. The van der Waals surface area contributed by atoms with Gasteiger partial charge in [-0.2, -0.15) is 4.72 Å². The number of hydrogen-bond acceptors (Lipinski definition) is 6. The van der Waals surface area contributed by atoms with E-state index in [0.717, 1.165) is 6.42 Å². The summed E-state index contributed by atoms with van der Waals surface area (Å²) in [6.45, 7) is -0.346. The molecule has 1 fully saturated rings. The molecule has 3 rings (SSSR count). The second-order valence-electron chi connectivity index (χ2n) is 7.13. The summed E-state index contributed by atoms with van der Waals surface area (Å²) >= 11 is 5.83. The Kier molecular flexibility index (Phi) is 7.17. The van der Waals surface area contributed by atoms with Gasteiger partial charge in [-0.05, 0) is 49.2 Å². The Morgan fingerprint density at radius 2 is 1.80 bits per heavy atom. The first-order valence-electron chi connectivity index (χ1n) is 9.57. The lowest BCUT2D eigenvalue weighted by atomic mass is 9.82. The number of carbonyl (C=O) groups is 2. The molecule has 8 nitrogen and oxygen atoms in total. The van der Waals surface area contributed by atoms with Gasteiger partial charge in [-0.15, -0.1) is 0 Å². The number of halogens is 1. The molecule has 0 radical (unpaired) electrons. The van der Waals surface area contributed by atoms with Crippen LogP contribution in [-0.4, -0.2) is 32.4 Å². The Labute approximate surface area is 180 Å². The van der Waals surface area contributed by atoms with Crippen LogP contribution in [0.25, 0.3) is 0 Å². The lowest BCUT2D eigenvalue weighted by molar-refractivity contribution is -0.156. The minimum atomic E-state index is -3.98. The average Bonchev–Trinajstić information content (AvgIpc) is 3.25. The minimum absolute atomic E-state index is 0.000777. The third-order valence-corrected chi connectivity index (χ3v) is 6.73. The van der Waals surface area contributed by atoms with Crippen LogP contribution in [0, 0.1) is 0 Å². The molecule has 0 atom stereocenters. The molecule has 0 spiro atoms. The van der Waals surface area contributed by atoms with Gasteiger partial charge in [0.2, 0.25) is 10.0 Å². The maximum Gasteiger partial charge on any atom is 0.327 e. The molecule has 0 unspecified atom stereocenters. The Morgan fingerprint density at radius 1 is 1.10 bits per heavy atom. The molecule has 0 saturated heterocycles. The van der Waals surface area contributed by atoms with Gasteiger partial charge >= 0.3 is 5.97 Å². The smallest absolute Gasteiger partial charge is 0.327 e. The standard InChI is InChI=1S/C20H23ClN2O6S/c21-15-6-8-17(9-7-15)30(26,27)23-20(10-2-1-3-11-20)19(25)29-14-18(24)22-13-16-5-4-12-28-16/h4-9,12,23H,1-3,10-11,13-14H2,(H,22,24). The van der Waals surface area contributed by atoms with Gasteiger partial charge in [0.15, 0.2) is 6.61 Å². The largest absolute Gasteiger partial charge is 0.467 e. The summed E-state index contributed by atoms with van der Waals surface area (Å²) in [6, 6.07) is 9.07. The summed E-state index contributed by atoms with van der Waals surface area (Å²) in [5.41, 5.74) is -1.40. The van der Waals surface area contributed by atoms with E-state index >= 15 is 0 Å². The minimum Gasteiger partial charge on any atom is -0.467 e. The SMILES string of the molecule is O=C(COC(=O)C1(NS(=O)(=O)c2ccc(Cl)cc2)CCCCC1)NCc1ccco1. The molecule has 1 amide bonds. The van der Waals surface area contributed by atoms with Gasteiger partial charge in [0.05, 0.1) is 17.7 Å². The third kappa shape index (κ3) is 5.62. The van der Waals surface area contributed by atoms with Crippen molar-refractivity contribution in [1.82, 2.24) is 10.0 Å². The van der Waals surface area contributed by atoms with E-state index in [4.69, 9.17) is 20.8 Å². The molecule has 1 heterocycles. The highest BCUT2D eigenvalue weighted by Crippen LogP contribution is 2.31. The number of amides is 1. The molecule has 2 N–H and O–H groups in total. The quantitative estimate of drug-likeness (QED) is 0.593. The van der Waals surface area contributed by atoms with Crippen molar-refractivity contribution in [3.8, 4) is 0 Å². The van der Waals surface area contributed by atoms with Crippen LogP contribution in [0.2, 0.25) is 5.02 Å². The molecule has 1 aromatic carbocycles. The van der Waals surface area contributed by atoms with Crippen molar-refractivity contribution in [3.05, 3.63) is 53.4 Å². The molecular formula is C20H23ClN2O6S. The molecule has 1 aliphatic carbocycles. The van der Waals surface area contributed by atoms with Gasteiger partial charge < -0.3 is 14.5 Å². The van der Waals surface area contributed by atoms with E-state index < -0.39 is 34.0 Å². The van der Waals surface area contributed by atoms with E-state index in [-0.39, 0.29) is 11.4 Å². The van der Waals surface area contributed by atoms with E-state index in [1.165, 1.54) is 30.5 Å². The van der Waals surface area contributed by atoms with E-state index in [2.05, 4.69) is 10.0 Å². The summed E-state index contributed by atoms with van der Waals surface area (Å²) in [4.78, 5) is 24.8. The molecule has 162 valence electrons. The molecular weight excluding hydrogens is 432 g/mol. The average molecular weight is 455 g/mol. The number of benzene rings is 1. The highest BCUT2D eigenvalue weighted by molar-refractivity contribution is 7.89. The Hall–Kier alpha value is -2.36. The van der Waals surface area contributed by atoms with Gasteiger partial charge in [-0.3, -0.25) is 9.59 Å². The van der Waals surface area contributed by atoms with Crippen LogP contribution in [0.4, 0.5) is 0 Å². The van der Waals surface area contributed by atoms with E-state index in [1.807, 2.05) is 0 Å². The van der Waals surface area contributed by atoms with Gasteiger partial charge in [0, 0.05) is 5.02 Å². The first-order chi connectivity index (χ1) is 14.3. The molecule has 10 heteroatoms. The summed E-state index contributed by atoms with van der Waals surface area (Å²) in [5.74, 6) is -0.701. The van der Waals surface area contributed by atoms with Crippen LogP contribution in [0.3, 0.4) is 0 Å². The van der Waals surface area contributed by atoms with Crippen LogP contribution < -0.4 is 10.0 Å². The number of hydrogen-bond donors (Lipinski definition) is 2. The normalized spacial score (nSPS) is 16.0. The zero-order valence-electron chi connectivity index (χ0n) is 16.2. The monoisotopic (exact) mass is 454 g/mol. The van der Waals surface area contributed by atoms with Crippen molar-refractivity contribution in [2.24, 2.45) is 0 Å². The Balaban J connectivity index is 1.65. The first kappa shape index (κ1) is 22.3. The fourth-order valence-electron chi connectivity index (χ4n) is 3.35. The number of carbonyl (C=O) groups excluding carboxylic acids is 2. The zero-order chi connectivity index (χ0) is 21.6. The number of sulfonamides is 1. The summed E-state index contributed by atoms with van der Waals surface area (Å²) in [7, 11) is -3.98. The number of furan rings is 1. The summed E-state index contributed by atoms with van der Waals surface area (Å²) < 4.78 is 38.5. The van der Waals surface area contributed by atoms with Crippen LogP contribution in [0.15, 0.2) is 52.0 Å². The molecule has 2 aromatic rings. The second-order valence-corrected chi connectivity index (χ2v) is 9.25. The Morgan fingerprint density at radius 3 is 2.43 bits per heavy atom. The molecule has 1 saturated carbocycles. The van der Waals surface area contributed by atoms with Gasteiger partial charge in [0.1, 0.15) is 11.3 Å². The number of rotatable bonds is 8. The fraction of sp³-hybridized carbons (Fsp3) is 0.400. The lowest BCUT2D eigenvalue weighted by Crippen LogP contribution is -2.56. The number of esters is 1. The van der Waals surface area contributed by atoms with Crippen molar-refractivity contribution < 1.29 is 27.2 Å². The molecule has 30 heavy (non-hydrogen) atoms. The lowest BCUT2D eigenvalue weighted by Gasteiger charge is -2.35. The van der Waals surface area contributed by atoms with Crippen LogP contribution in [-0.2, 0) is 30.9 Å². The number of nitrogens with one attached hydrogen (secondary N) is 2. The molecule has 1 aliphatic rings. The molecule has 1 aromatic heterocycles. The molecule has 0 bridgehead atoms. The van der Waals surface area contributed by atoms with Crippen molar-refractivity contribution in [2.45, 2.75) is 49.1 Å². The van der Waals surface area contributed by atoms with Crippen LogP contribution in [0.5, 0.6) is 0 Å². The highest BCUT2D eigenvalue weighted by atomic mass is 35.5. The van der Waals surface area contributed by atoms with Crippen LogP contribution >= 0.6 is 11.6 Å². The van der Waals surface area contributed by atoms with E-state index in [1.54, 1.807) is 12.1 Å². The topological polar surface area (TPSA) is 115 Å². The van der Waals surface area contributed by atoms with Crippen molar-refractivity contribution >= 4 is 33.5 Å². The van der Waals surface area contributed by atoms with Crippen LogP contribution in [0.1, 0.15) is 37.9 Å². The first-order valence-corrected chi connectivity index (χ1v) is 11.4. The summed E-state index contributed by atoms with van der Waals surface area (Å²) in [5, 5.41) is 2.98. The highest BCUT2D eigenvalue weighted by Gasteiger charge is 2.44. The Bertz CT molecular complexity index is 967. The predicted molar refractivity (Wildman–Crippen MR) is 109 cm³/mol. The van der Waals surface area contributed by atoms with E-state index in [9.17, 15) is 18.0 Å². The van der Waals surface area contributed by atoms with Gasteiger partial charge in [-0.1, -0.05) is 30.9 Å². The maximum atomic E-state index is 12.9. The second kappa shape index (κ2) is 9.63. The fourth-order valence-corrected chi connectivity index (χ4v) is 4.89. The van der Waals surface area contributed by atoms with Crippen molar-refractivity contribution in [2.75, 3.05) is 6.61 Å². The van der Waals surface area contributed by atoms with E-state index in [0.29, 0.717) is 36.5 Å². The van der Waals surface area contributed by atoms with Gasteiger partial charge in [-0.25, -0.2) is 8.42 Å². The zero-order valence-corrected chi connectivity index (χ0v) is 17.8. The summed E-state index contributed by atoms with van der Waals surface area (Å²) in [6.07, 6.45) is 4.31. The predicted octanol–water partition coefficient (Wildman–Crippen LogP) is 2.77.